The van der Waals surface area contributed by atoms with Crippen molar-refractivity contribution >= 4 is 20.9 Å². The van der Waals surface area contributed by atoms with Gasteiger partial charge in [0, 0.05) is 5.39 Å². The van der Waals surface area contributed by atoms with Crippen molar-refractivity contribution in [3.05, 3.63) is 90.4 Å². The van der Waals surface area contributed by atoms with E-state index in [1.807, 2.05) is 55.5 Å². The Balaban J connectivity index is 1.57. The van der Waals surface area contributed by atoms with Crippen LogP contribution in [0, 0.1) is 11.7 Å². The Morgan fingerprint density at radius 3 is 2.48 bits per heavy atom. The Kier molecular flexibility index (Phi) is 6.76. The molecular weight excluding hydrogens is 441 g/mol. The second-order valence-electron chi connectivity index (χ2n) is 8.19. The fourth-order valence-corrected chi connectivity index (χ4v) is 4.50. The molecule has 2 atom stereocenters. The van der Waals surface area contributed by atoms with Gasteiger partial charge in [-0.25, -0.2) is 22.6 Å². The number of ether oxygens (including phenoxy) is 1. The zero-order valence-corrected chi connectivity index (χ0v) is 19.1. The maximum Gasteiger partial charge on any atom is 0.209 e. The highest BCUT2D eigenvalue weighted by atomic mass is 32.2. The number of hydrogen-bond donors (Lipinski definition) is 1. The van der Waals surface area contributed by atoms with Crippen molar-refractivity contribution in [3.63, 3.8) is 0 Å². The average Bonchev–Trinajstić information content (AvgIpc) is 3.21. The van der Waals surface area contributed by atoms with Gasteiger partial charge in [0.05, 0.1) is 23.2 Å². The number of benzene rings is 3. The van der Waals surface area contributed by atoms with E-state index in [9.17, 15) is 12.8 Å². The highest BCUT2D eigenvalue weighted by Crippen LogP contribution is 2.33. The summed E-state index contributed by atoms with van der Waals surface area (Å²) < 4.78 is 44.1. The summed E-state index contributed by atoms with van der Waals surface area (Å²) >= 11 is 0. The maximum atomic E-state index is 13.3. The Hall–Kier alpha value is -3.23. The first-order valence-corrected chi connectivity index (χ1v) is 12.5. The van der Waals surface area contributed by atoms with Gasteiger partial charge in [0.1, 0.15) is 17.7 Å². The first kappa shape index (κ1) is 22.9. The van der Waals surface area contributed by atoms with E-state index < -0.39 is 10.0 Å². The molecule has 0 radical (unpaired) electrons. The van der Waals surface area contributed by atoms with E-state index in [0.717, 1.165) is 22.2 Å². The minimum absolute atomic E-state index is 0.0482. The molecule has 0 aliphatic carbocycles. The monoisotopic (exact) mass is 467 g/mol. The van der Waals surface area contributed by atoms with Gasteiger partial charge in [0.25, 0.3) is 0 Å². The van der Waals surface area contributed by atoms with Gasteiger partial charge < -0.3 is 4.74 Å². The van der Waals surface area contributed by atoms with E-state index in [2.05, 4.69) is 5.10 Å². The molecule has 4 rings (SSSR count). The van der Waals surface area contributed by atoms with E-state index in [1.54, 1.807) is 23.0 Å². The predicted molar refractivity (Wildman–Crippen MR) is 127 cm³/mol. The van der Waals surface area contributed by atoms with Gasteiger partial charge in [-0.05, 0) is 66.8 Å². The van der Waals surface area contributed by atoms with Crippen LogP contribution < -0.4 is 9.88 Å². The number of hydrogen-bond acceptors (Lipinski definition) is 4. The molecule has 8 heteroatoms. The van der Waals surface area contributed by atoms with Crippen molar-refractivity contribution in [2.24, 2.45) is 11.1 Å². The molecule has 4 aromatic rings. The normalized spacial score (nSPS) is 13.7. The number of primary sulfonamides is 1. The minimum Gasteiger partial charge on any atom is -0.485 e. The van der Waals surface area contributed by atoms with E-state index in [0.29, 0.717) is 18.6 Å². The molecule has 172 valence electrons. The lowest BCUT2D eigenvalue weighted by molar-refractivity contribution is 0.138. The number of nitrogens with two attached hydrogens (primary N) is 1. The molecule has 0 aliphatic heterocycles. The summed E-state index contributed by atoms with van der Waals surface area (Å²) in [5.74, 6) is 0.407. The van der Waals surface area contributed by atoms with Gasteiger partial charge in [0.15, 0.2) is 0 Å². The largest absolute Gasteiger partial charge is 0.485 e. The highest BCUT2D eigenvalue weighted by Gasteiger charge is 2.22. The molecule has 0 fully saturated rings. The smallest absolute Gasteiger partial charge is 0.209 e. The summed E-state index contributed by atoms with van der Waals surface area (Å²) in [6, 6.07) is 21.8. The van der Waals surface area contributed by atoms with Crippen LogP contribution in [-0.2, 0) is 10.0 Å². The molecule has 1 heterocycles. The van der Waals surface area contributed by atoms with Gasteiger partial charge in [-0.1, -0.05) is 37.3 Å². The lowest BCUT2D eigenvalue weighted by Crippen LogP contribution is -2.20. The van der Waals surface area contributed by atoms with Gasteiger partial charge >= 0.3 is 0 Å². The van der Waals surface area contributed by atoms with Crippen LogP contribution in [0.1, 0.15) is 31.4 Å². The molecule has 1 aromatic heterocycles. The number of halogens is 1. The molecule has 0 amide bonds. The molecule has 0 aliphatic rings. The molecule has 33 heavy (non-hydrogen) atoms. The van der Waals surface area contributed by atoms with Crippen molar-refractivity contribution in [3.8, 4) is 11.4 Å². The highest BCUT2D eigenvalue weighted by molar-refractivity contribution is 7.89. The van der Waals surface area contributed by atoms with Crippen LogP contribution in [0.15, 0.2) is 79.0 Å². The molecule has 2 N–H and O–H groups in total. The number of nitrogens with zero attached hydrogens (tertiary/aromatic N) is 2. The topological polar surface area (TPSA) is 87.2 Å². The summed E-state index contributed by atoms with van der Waals surface area (Å²) in [4.78, 5) is 0. The summed E-state index contributed by atoms with van der Waals surface area (Å²) in [7, 11) is -3.49. The zero-order chi connectivity index (χ0) is 23.4. The van der Waals surface area contributed by atoms with E-state index in [-0.39, 0.29) is 23.6 Å². The number of fused-ring (bicyclic) bond motifs is 1. The standard InChI is InChI=1S/C25H26FN3O3S/c1-18(6-5-15-33(27,30)31)25(19-7-3-2-4-8-19)32-23-13-14-24-20(16-23)17-28-29(24)22-11-9-21(26)10-12-22/h2-4,7-14,16-18,25H,5-6,15H2,1H3,(H2,27,30,31). The molecule has 0 saturated carbocycles. The molecule has 0 saturated heterocycles. The summed E-state index contributed by atoms with van der Waals surface area (Å²) in [5, 5.41) is 10.5. The van der Waals surface area contributed by atoms with Crippen LogP contribution in [0.4, 0.5) is 4.39 Å². The Bertz CT molecular complexity index is 1320. The first-order valence-electron chi connectivity index (χ1n) is 10.8. The Morgan fingerprint density at radius 1 is 1.06 bits per heavy atom. The summed E-state index contributed by atoms with van der Waals surface area (Å²) in [6.07, 6.45) is 2.62. The minimum atomic E-state index is -3.49. The van der Waals surface area contributed by atoms with Gasteiger partial charge in [-0.15, -0.1) is 0 Å². The zero-order valence-electron chi connectivity index (χ0n) is 18.3. The van der Waals surface area contributed by atoms with Crippen molar-refractivity contribution in [2.75, 3.05) is 5.75 Å². The van der Waals surface area contributed by atoms with E-state index in [1.165, 1.54) is 12.1 Å². The number of sulfonamides is 1. The Morgan fingerprint density at radius 2 is 1.79 bits per heavy atom. The molecule has 0 spiro atoms. The van der Waals surface area contributed by atoms with Crippen molar-refractivity contribution < 1.29 is 17.5 Å². The molecule has 6 nitrogen and oxygen atoms in total. The summed E-state index contributed by atoms with van der Waals surface area (Å²) in [6.45, 7) is 2.05. The van der Waals surface area contributed by atoms with Gasteiger partial charge in [-0.2, -0.15) is 5.10 Å². The third kappa shape index (κ3) is 5.77. The molecule has 2 unspecified atom stereocenters. The SMILES string of the molecule is CC(CCCS(N)(=O)=O)C(Oc1ccc2c(cnn2-c2ccc(F)cc2)c1)c1ccccc1. The lowest BCUT2D eigenvalue weighted by Gasteiger charge is -2.26. The maximum absolute atomic E-state index is 13.3. The molecular formula is C25H26FN3O3S. The van der Waals surface area contributed by atoms with Crippen LogP contribution >= 0.6 is 0 Å². The van der Waals surface area contributed by atoms with Crippen molar-refractivity contribution in [1.29, 1.82) is 0 Å². The Labute approximate surface area is 192 Å². The second kappa shape index (κ2) is 9.72. The van der Waals surface area contributed by atoms with Crippen LogP contribution in [0.2, 0.25) is 0 Å². The fraction of sp³-hybridized carbons (Fsp3) is 0.240. The van der Waals surface area contributed by atoms with Crippen LogP contribution in [0.25, 0.3) is 16.6 Å². The predicted octanol–water partition coefficient (Wildman–Crippen LogP) is 4.99. The second-order valence-corrected chi connectivity index (χ2v) is 9.92. The van der Waals surface area contributed by atoms with E-state index >= 15 is 0 Å². The molecule has 0 bridgehead atoms. The fourth-order valence-electron chi connectivity index (χ4n) is 3.93. The van der Waals surface area contributed by atoms with Crippen LogP contribution in [0.5, 0.6) is 5.75 Å². The quantitative estimate of drug-likeness (QED) is 0.376. The average molecular weight is 468 g/mol. The van der Waals surface area contributed by atoms with Crippen LogP contribution in [-0.4, -0.2) is 24.0 Å². The third-order valence-electron chi connectivity index (χ3n) is 5.61. The molecule has 3 aromatic carbocycles. The first-order chi connectivity index (χ1) is 15.8. The van der Waals surface area contributed by atoms with E-state index in [4.69, 9.17) is 9.88 Å². The van der Waals surface area contributed by atoms with Crippen LogP contribution in [0.3, 0.4) is 0 Å². The number of aromatic nitrogens is 2. The number of rotatable bonds is 9. The van der Waals surface area contributed by atoms with Gasteiger partial charge in [-0.3, -0.25) is 0 Å². The third-order valence-corrected chi connectivity index (χ3v) is 6.46. The van der Waals surface area contributed by atoms with Crippen molar-refractivity contribution in [1.82, 2.24) is 9.78 Å². The van der Waals surface area contributed by atoms with Gasteiger partial charge in [0.2, 0.25) is 10.0 Å². The summed E-state index contributed by atoms with van der Waals surface area (Å²) in [5.41, 5.74) is 2.67. The van der Waals surface area contributed by atoms with Crippen molar-refractivity contribution in [2.45, 2.75) is 25.9 Å². The lowest BCUT2D eigenvalue weighted by atomic mass is 9.93.